The van der Waals surface area contributed by atoms with Crippen LogP contribution >= 0.6 is 0 Å². The van der Waals surface area contributed by atoms with Crippen LogP contribution in [-0.2, 0) is 6.54 Å². The van der Waals surface area contributed by atoms with Crippen molar-refractivity contribution in [3.63, 3.8) is 0 Å². The standard InChI is InChI=1S/C15H26N4/c1-5-19-12(4)15(10(2)17-19)11(3)18-8-13-6-16-7-14(13)9-18/h11,13-14,16H,5-9H2,1-4H3/t11?,13-,14+. The molecule has 4 nitrogen and oxygen atoms in total. The van der Waals surface area contributed by atoms with E-state index in [1.54, 1.807) is 0 Å². The van der Waals surface area contributed by atoms with E-state index in [0.29, 0.717) is 6.04 Å². The predicted molar refractivity (Wildman–Crippen MR) is 77.2 cm³/mol. The van der Waals surface area contributed by atoms with Gasteiger partial charge in [-0.2, -0.15) is 5.10 Å². The lowest BCUT2D eigenvalue weighted by Gasteiger charge is -2.26. The molecule has 3 rings (SSSR count). The lowest BCUT2D eigenvalue weighted by atomic mass is 10.0. The fourth-order valence-corrected chi connectivity index (χ4v) is 4.01. The van der Waals surface area contributed by atoms with Crippen LogP contribution in [0.3, 0.4) is 0 Å². The lowest BCUT2D eigenvalue weighted by molar-refractivity contribution is 0.242. The average molecular weight is 262 g/mol. The first-order valence-electron chi connectivity index (χ1n) is 7.60. The maximum Gasteiger partial charge on any atom is 0.0644 e. The van der Waals surface area contributed by atoms with E-state index in [9.17, 15) is 0 Å². The molecule has 2 fully saturated rings. The summed E-state index contributed by atoms with van der Waals surface area (Å²) in [6.45, 7) is 14.8. The van der Waals surface area contributed by atoms with Crippen LogP contribution in [0.5, 0.6) is 0 Å². The quantitative estimate of drug-likeness (QED) is 0.900. The van der Waals surface area contributed by atoms with Crippen LogP contribution in [0.4, 0.5) is 0 Å². The maximum absolute atomic E-state index is 4.67. The summed E-state index contributed by atoms with van der Waals surface area (Å²) in [6, 6.07) is 0.505. The first-order valence-corrected chi connectivity index (χ1v) is 7.60. The van der Waals surface area contributed by atoms with Crippen molar-refractivity contribution >= 4 is 0 Å². The third-order valence-corrected chi connectivity index (χ3v) is 5.12. The normalized spacial score (nSPS) is 28.8. The molecule has 0 amide bonds. The Morgan fingerprint density at radius 3 is 2.42 bits per heavy atom. The highest BCUT2D eigenvalue weighted by molar-refractivity contribution is 5.28. The fourth-order valence-electron chi connectivity index (χ4n) is 4.01. The minimum atomic E-state index is 0.505. The van der Waals surface area contributed by atoms with Gasteiger partial charge in [-0.25, -0.2) is 0 Å². The molecule has 1 unspecified atom stereocenters. The molecule has 0 radical (unpaired) electrons. The van der Waals surface area contributed by atoms with Gasteiger partial charge in [-0.05, 0) is 52.6 Å². The summed E-state index contributed by atoms with van der Waals surface area (Å²) in [4.78, 5) is 2.66. The highest BCUT2D eigenvalue weighted by Crippen LogP contribution is 2.34. The van der Waals surface area contributed by atoms with E-state index in [1.807, 2.05) is 0 Å². The minimum Gasteiger partial charge on any atom is -0.316 e. The molecule has 1 N–H and O–H groups in total. The Balaban J connectivity index is 1.81. The van der Waals surface area contributed by atoms with Crippen molar-refractivity contribution in [2.24, 2.45) is 11.8 Å². The molecule has 3 heterocycles. The van der Waals surface area contributed by atoms with Crippen molar-refractivity contribution in [3.8, 4) is 0 Å². The van der Waals surface area contributed by atoms with E-state index in [2.05, 4.69) is 47.7 Å². The summed E-state index contributed by atoms with van der Waals surface area (Å²) in [5.41, 5.74) is 4.01. The van der Waals surface area contributed by atoms with E-state index in [1.165, 1.54) is 43.1 Å². The van der Waals surface area contributed by atoms with Gasteiger partial charge >= 0.3 is 0 Å². The SMILES string of the molecule is CCn1nc(C)c(C(C)N2C[C@H]3CNC[C@H]3C2)c1C. The van der Waals surface area contributed by atoms with Gasteiger partial charge in [-0.1, -0.05) is 0 Å². The Kier molecular flexibility index (Phi) is 3.39. The van der Waals surface area contributed by atoms with Gasteiger partial charge in [0.05, 0.1) is 5.69 Å². The van der Waals surface area contributed by atoms with Crippen LogP contribution < -0.4 is 5.32 Å². The zero-order valence-corrected chi connectivity index (χ0v) is 12.6. The first kappa shape index (κ1) is 13.1. The van der Waals surface area contributed by atoms with Crippen molar-refractivity contribution < 1.29 is 0 Å². The smallest absolute Gasteiger partial charge is 0.0644 e. The van der Waals surface area contributed by atoms with E-state index in [-0.39, 0.29) is 0 Å². The lowest BCUT2D eigenvalue weighted by Crippen LogP contribution is -2.29. The van der Waals surface area contributed by atoms with Crippen molar-refractivity contribution in [2.45, 2.75) is 40.3 Å². The number of nitrogens with one attached hydrogen (secondary N) is 1. The first-order chi connectivity index (χ1) is 9.11. The molecule has 1 aromatic rings. The third-order valence-electron chi connectivity index (χ3n) is 5.12. The molecule has 106 valence electrons. The number of hydrogen-bond donors (Lipinski definition) is 1. The van der Waals surface area contributed by atoms with Gasteiger partial charge in [0.15, 0.2) is 0 Å². The van der Waals surface area contributed by atoms with Crippen LogP contribution in [0, 0.1) is 25.7 Å². The van der Waals surface area contributed by atoms with Gasteiger partial charge in [-0.15, -0.1) is 0 Å². The van der Waals surface area contributed by atoms with Gasteiger partial charge in [0.2, 0.25) is 0 Å². The van der Waals surface area contributed by atoms with Crippen LogP contribution in [0.25, 0.3) is 0 Å². The van der Waals surface area contributed by atoms with Crippen LogP contribution in [0.2, 0.25) is 0 Å². The Labute approximate surface area is 116 Å². The Bertz CT molecular complexity index is 453. The van der Waals surface area contributed by atoms with Crippen LogP contribution in [-0.4, -0.2) is 40.9 Å². The molecular weight excluding hydrogens is 236 g/mol. The number of likely N-dealkylation sites (tertiary alicyclic amines) is 1. The van der Waals surface area contributed by atoms with E-state index < -0.39 is 0 Å². The molecule has 0 bridgehead atoms. The van der Waals surface area contributed by atoms with Crippen molar-refractivity contribution in [2.75, 3.05) is 26.2 Å². The molecule has 0 saturated carbocycles. The van der Waals surface area contributed by atoms with E-state index >= 15 is 0 Å². The summed E-state index contributed by atoms with van der Waals surface area (Å²) >= 11 is 0. The highest BCUT2D eigenvalue weighted by atomic mass is 15.3. The molecule has 4 heteroatoms. The van der Waals surface area contributed by atoms with E-state index in [0.717, 1.165) is 18.4 Å². The second-order valence-electron chi connectivity index (χ2n) is 6.21. The summed E-state index contributed by atoms with van der Waals surface area (Å²) < 4.78 is 2.14. The monoisotopic (exact) mass is 262 g/mol. The highest BCUT2D eigenvalue weighted by Gasteiger charge is 2.38. The number of fused-ring (bicyclic) bond motifs is 1. The number of aryl methyl sites for hydroxylation is 2. The van der Waals surface area contributed by atoms with Crippen LogP contribution in [0.1, 0.15) is 36.8 Å². The van der Waals surface area contributed by atoms with Crippen molar-refractivity contribution in [3.05, 3.63) is 17.0 Å². The summed E-state index contributed by atoms with van der Waals surface area (Å²) in [7, 11) is 0. The molecule has 0 spiro atoms. The Hall–Kier alpha value is -0.870. The van der Waals surface area contributed by atoms with Crippen LogP contribution in [0.15, 0.2) is 0 Å². The molecule has 2 saturated heterocycles. The largest absolute Gasteiger partial charge is 0.316 e. The van der Waals surface area contributed by atoms with Gasteiger partial charge in [0.1, 0.15) is 0 Å². The van der Waals surface area contributed by atoms with Crippen molar-refractivity contribution in [1.82, 2.24) is 20.0 Å². The number of hydrogen-bond acceptors (Lipinski definition) is 3. The molecule has 2 aliphatic heterocycles. The van der Waals surface area contributed by atoms with Gasteiger partial charge in [-0.3, -0.25) is 9.58 Å². The number of nitrogens with zero attached hydrogens (tertiary/aromatic N) is 3. The zero-order valence-electron chi connectivity index (χ0n) is 12.6. The number of rotatable bonds is 3. The third kappa shape index (κ3) is 2.11. The molecule has 1 aromatic heterocycles. The fraction of sp³-hybridized carbons (Fsp3) is 0.800. The van der Waals surface area contributed by atoms with Crippen molar-refractivity contribution in [1.29, 1.82) is 0 Å². The second kappa shape index (κ2) is 4.91. The maximum atomic E-state index is 4.67. The molecule has 2 aliphatic rings. The van der Waals surface area contributed by atoms with E-state index in [4.69, 9.17) is 0 Å². The predicted octanol–water partition coefficient (Wildman–Crippen LogP) is 1.73. The number of aromatic nitrogens is 2. The molecule has 19 heavy (non-hydrogen) atoms. The topological polar surface area (TPSA) is 33.1 Å². The zero-order chi connectivity index (χ0) is 13.6. The Morgan fingerprint density at radius 1 is 1.26 bits per heavy atom. The second-order valence-corrected chi connectivity index (χ2v) is 6.21. The van der Waals surface area contributed by atoms with Gasteiger partial charge < -0.3 is 5.32 Å². The molecule has 0 aliphatic carbocycles. The molecule has 3 atom stereocenters. The summed E-state index contributed by atoms with van der Waals surface area (Å²) in [5.74, 6) is 1.73. The molecule has 0 aromatic carbocycles. The average Bonchev–Trinajstić information content (AvgIpc) is 3.01. The summed E-state index contributed by atoms with van der Waals surface area (Å²) in [5, 5.41) is 8.19. The molecular formula is C15H26N4. The summed E-state index contributed by atoms with van der Waals surface area (Å²) in [6.07, 6.45) is 0. The van der Waals surface area contributed by atoms with Gasteiger partial charge in [0.25, 0.3) is 0 Å². The Morgan fingerprint density at radius 2 is 1.89 bits per heavy atom. The van der Waals surface area contributed by atoms with Gasteiger partial charge in [0, 0.05) is 36.9 Å². The minimum absolute atomic E-state index is 0.505.